The van der Waals surface area contributed by atoms with Crippen LogP contribution in [-0.2, 0) is 16.7 Å². The molecular weight excluding hydrogens is 228 g/mol. The number of nitrogens with zero attached hydrogens (tertiary/aromatic N) is 1. The Morgan fingerprint density at radius 1 is 1.33 bits per heavy atom. The van der Waals surface area contributed by atoms with E-state index in [0.717, 1.165) is 11.3 Å². The van der Waals surface area contributed by atoms with Gasteiger partial charge in [-0.05, 0) is 18.6 Å². The zero-order valence-electron chi connectivity index (χ0n) is 12.0. The molecule has 4 heteroatoms. The summed E-state index contributed by atoms with van der Waals surface area (Å²) in [6, 6.07) is 3.93. The highest BCUT2D eigenvalue weighted by Gasteiger charge is 2.18. The van der Waals surface area contributed by atoms with Crippen molar-refractivity contribution in [2.75, 3.05) is 13.7 Å². The van der Waals surface area contributed by atoms with Crippen molar-refractivity contribution in [1.82, 2.24) is 4.98 Å². The van der Waals surface area contributed by atoms with Gasteiger partial charge in [0.1, 0.15) is 6.10 Å². The molecular formula is C14H24N2O2. The molecule has 0 bridgehead atoms. The Morgan fingerprint density at radius 3 is 2.50 bits per heavy atom. The number of hydrogen-bond acceptors (Lipinski definition) is 4. The lowest BCUT2D eigenvalue weighted by molar-refractivity contribution is 0.0886. The maximum Gasteiger partial charge on any atom is 0.214 e. The Morgan fingerprint density at radius 2 is 2.00 bits per heavy atom. The molecule has 1 atom stereocenters. The van der Waals surface area contributed by atoms with Crippen LogP contribution in [0, 0.1) is 0 Å². The normalized spacial score (nSPS) is 13.4. The van der Waals surface area contributed by atoms with Crippen LogP contribution in [-0.4, -0.2) is 24.8 Å². The lowest BCUT2D eigenvalue weighted by Crippen LogP contribution is -2.21. The van der Waals surface area contributed by atoms with E-state index < -0.39 is 0 Å². The van der Waals surface area contributed by atoms with Crippen molar-refractivity contribution >= 4 is 0 Å². The molecule has 1 unspecified atom stereocenters. The van der Waals surface area contributed by atoms with E-state index in [4.69, 9.17) is 15.2 Å². The average molecular weight is 252 g/mol. The van der Waals surface area contributed by atoms with Gasteiger partial charge in [-0.2, -0.15) is 0 Å². The molecule has 18 heavy (non-hydrogen) atoms. The maximum atomic E-state index is 5.74. The summed E-state index contributed by atoms with van der Waals surface area (Å²) in [5, 5.41) is 0. The van der Waals surface area contributed by atoms with Gasteiger partial charge in [0.2, 0.25) is 5.88 Å². The predicted molar refractivity (Wildman–Crippen MR) is 72.8 cm³/mol. The minimum absolute atomic E-state index is 0.0201. The van der Waals surface area contributed by atoms with Crippen molar-refractivity contribution in [2.24, 2.45) is 5.73 Å². The molecule has 102 valence electrons. The maximum absolute atomic E-state index is 5.74. The first-order valence-electron chi connectivity index (χ1n) is 6.24. The molecule has 2 N–H and O–H groups in total. The zero-order chi connectivity index (χ0) is 13.8. The van der Waals surface area contributed by atoms with Gasteiger partial charge in [-0.1, -0.05) is 20.8 Å². The summed E-state index contributed by atoms with van der Waals surface area (Å²) in [5.41, 5.74) is 7.72. The highest BCUT2D eigenvalue weighted by atomic mass is 16.5. The van der Waals surface area contributed by atoms with E-state index >= 15 is 0 Å². The van der Waals surface area contributed by atoms with Crippen molar-refractivity contribution < 1.29 is 9.47 Å². The summed E-state index contributed by atoms with van der Waals surface area (Å²) in [6.07, 6.45) is -0.0247. The minimum Gasteiger partial charge on any atom is -0.472 e. The predicted octanol–water partition coefficient (Wildman–Crippen LogP) is 2.25. The van der Waals surface area contributed by atoms with Crippen LogP contribution in [0.25, 0.3) is 0 Å². The van der Waals surface area contributed by atoms with E-state index in [2.05, 4.69) is 25.8 Å². The summed E-state index contributed by atoms with van der Waals surface area (Å²) in [7, 11) is 1.66. The van der Waals surface area contributed by atoms with E-state index in [1.54, 1.807) is 7.11 Å². The molecule has 0 saturated carbocycles. The third kappa shape index (κ3) is 4.27. The molecule has 0 aromatic carbocycles. The summed E-state index contributed by atoms with van der Waals surface area (Å²) < 4.78 is 10.8. The Balaban J connectivity index is 2.97. The first-order valence-corrected chi connectivity index (χ1v) is 6.24. The molecule has 4 nitrogen and oxygen atoms in total. The highest BCUT2D eigenvalue weighted by molar-refractivity contribution is 5.28. The van der Waals surface area contributed by atoms with Crippen LogP contribution in [0.15, 0.2) is 12.1 Å². The SMILES string of the molecule is COCC(C)Oc1cc(CN)cc(C(C)(C)C)n1. The summed E-state index contributed by atoms with van der Waals surface area (Å²) in [6.45, 7) is 9.35. The average Bonchev–Trinajstić information content (AvgIpc) is 2.27. The van der Waals surface area contributed by atoms with E-state index in [1.807, 2.05) is 19.1 Å². The van der Waals surface area contributed by atoms with E-state index in [1.165, 1.54) is 0 Å². The Kier molecular flexibility index (Phi) is 5.11. The second-order valence-corrected chi connectivity index (χ2v) is 5.54. The van der Waals surface area contributed by atoms with Crippen molar-refractivity contribution in [3.05, 3.63) is 23.4 Å². The van der Waals surface area contributed by atoms with Gasteiger partial charge in [0.05, 0.1) is 12.3 Å². The van der Waals surface area contributed by atoms with Crippen molar-refractivity contribution in [3.8, 4) is 5.88 Å². The van der Waals surface area contributed by atoms with Crippen LogP contribution < -0.4 is 10.5 Å². The van der Waals surface area contributed by atoms with Crippen LogP contribution in [0.4, 0.5) is 0 Å². The standard InChI is InChI=1S/C14H24N2O2/c1-10(9-17-5)18-13-7-11(8-15)6-12(16-13)14(2,3)4/h6-7,10H,8-9,15H2,1-5H3. The van der Waals surface area contributed by atoms with Gasteiger partial charge in [0.25, 0.3) is 0 Å². The molecule has 0 amide bonds. The molecule has 0 spiro atoms. The number of aromatic nitrogens is 1. The number of methoxy groups -OCH3 is 1. The number of pyridine rings is 1. The van der Waals surface area contributed by atoms with Gasteiger partial charge in [-0.3, -0.25) is 0 Å². The van der Waals surface area contributed by atoms with Gasteiger partial charge < -0.3 is 15.2 Å². The van der Waals surface area contributed by atoms with Crippen LogP contribution >= 0.6 is 0 Å². The number of ether oxygens (including phenoxy) is 2. The number of hydrogen-bond donors (Lipinski definition) is 1. The Labute approximate surface area is 110 Å². The van der Waals surface area contributed by atoms with Crippen molar-refractivity contribution in [1.29, 1.82) is 0 Å². The van der Waals surface area contributed by atoms with Crippen molar-refractivity contribution in [3.63, 3.8) is 0 Å². The number of rotatable bonds is 5. The number of nitrogens with two attached hydrogens (primary N) is 1. The molecule has 1 heterocycles. The molecule has 1 rings (SSSR count). The molecule has 0 radical (unpaired) electrons. The van der Waals surface area contributed by atoms with Crippen LogP contribution in [0.5, 0.6) is 5.88 Å². The molecule has 0 aliphatic rings. The van der Waals surface area contributed by atoms with Crippen molar-refractivity contribution in [2.45, 2.75) is 45.8 Å². The summed E-state index contributed by atoms with van der Waals surface area (Å²) in [5.74, 6) is 0.618. The second-order valence-electron chi connectivity index (χ2n) is 5.54. The third-order valence-electron chi connectivity index (χ3n) is 2.59. The Bertz CT molecular complexity index is 386. The van der Waals surface area contributed by atoms with Crippen LogP contribution in [0.2, 0.25) is 0 Å². The molecule has 1 aromatic rings. The zero-order valence-corrected chi connectivity index (χ0v) is 12.0. The fourth-order valence-corrected chi connectivity index (χ4v) is 1.60. The third-order valence-corrected chi connectivity index (χ3v) is 2.59. The largest absolute Gasteiger partial charge is 0.472 e. The second kappa shape index (κ2) is 6.16. The topological polar surface area (TPSA) is 57.4 Å². The summed E-state index contributed by atoms with van der Waals surface area (Å²) >= 11 is 0. The smallest absolute Gasteiger partial charge is 0.214 e. The van der Waals surface area contributed by atoms with Crippen LogP contribution in [0.1, 0.15) is 39.0 Å². The molecule has 0 saturated heterocycles. The van der Waals surface area contributed by atoms with E-state index in [9.17, 15) is 0 Å². The quantitative estimate of drug-likeness (QED) is 0.873. The van der Waals surface area contributed by atoms with E-state index in [-0.39, 0.29) is 11.5 Å². The summed E-state index contributed by atoms with van der Waals surface area (Å²) in [4.78, 5) is 4.54. The highest BCUT2D eigenvalue weighted by Crippen LogP contribution is 2.24. The van der Waals surface area contributed by atoms with Gasteiger partial charge in [-0.15, -0.1) is 0 Å². The molecule has 0 fully saturated rings. The lowest BCUT2D eigenvalue weighted by atomic mass is 9.91. The first kappa shape index (κ1) is 14.9. The molecule has 1 aromatic heterocycles. The molecule has 0 aliphatic heterocycles. The fraction of sp³-hybridized carbons (Fsp3) is 0.643. The van der Waals surface area contributed by atoms with Crippen LogP contribution in [0.3, 0.4) is 0 Å². The Hall–Kier alpha value is -1.13. The van der Waals surface area contributed by atoms with Gasteiger partial charge in [-0.25, -0.2) is 4.98 Å². The van der Waals surface area contributed by atoms with Gasteiger partial charge >= 0.3 is 0 Å². The molecule has 0 aliphatic carbocycles. The lowest BCUT2D eigenvalue weighted by Gasteiger charge is -2.21. The minimum atomic E-state index is -0.0247. The monoisotopic (exact) mass is 252 g/mol. The fourth-order valence-electron chi connectivity index (χ4n) is 1.60. The van der Waals surface area contributed by atoms with Gasteiger partial charge in [0.15, 0.2) is 0 Å². The van der Waals surface area contributed by atoms with E-state index in [0.29, 0.717) is 19.0 Å². The first-order chi connectivity index (χ1) is 8.36. The van der Waals surface area contributed by atoms with Gasteiger partial charge in [0, 0.05) is 25.1 Å².